The average Bonchev–Trinajstić information content (AvgIpc) is 2.42. The zero-order chi connectivity index (χ0) is 14.5. The van der Waals surface area contributed by atoms with Crippen molar-refractivity contribution in [1.29, 1.82) is 0 Å². The quantitative estimate of drug-likeness (QED) is 0.873. The van der Waals surface area contributed by atoms with Crippen LogP contribution in [0.15, 0.2) is 48.5 Å². The summed E-state index contributed by atoms with van der Waals surface area (Å²) in [7, 11) is 0. The molecular formula is C16H17Cl2NO. The van der Waals surface area contributed by atoms with E-state index in [0.29, 0.717) is 16.6 Å². The Morgan fingerprint density at radius 2 is 1.30 bits per heavy atom. The van der Waals surface area contributed by atoms with E-state index in [1.54, 1.807) is 6.92 Å². The minimum Gasteiger partial charge on any atom is -0.392 e. The van der Waals surface area contributed by atoms with Crippen LogP contribution in [0, 0.1) is 0 Å². The molecule has 1 atom stereocenters. The van der Waals surface area contributed by atoms with Gasteiger partial charge in [0, 0.05) is 16.6 Å². The molecule has 2 N–H and O–H groups in total. The van der Waals surface area contributed by atoms with Crippen LogP contribution in [0.3, 0.4) is 0 Å². The highest BCUT2D eigenvalue weighted by atomic mass is 35.5. The highest BCUT2D eigenvalue weighted by Gasteiger charge is 2.14. The zero-order valence-electron chi connectivity index (χ0n) is 11.2. The molecule has 0 aliphatic carbocycles. The third kappa shape index (κ3) is 4.22. The van der Waals surface area contributed by atoms with E-state index in [1.807, 2.05) is 48.5 Å². The molecule has 0 saturated heterocycles. The third-order valence-electron chi connectivity index (χ3n) is 3.02. The first kappa shape index (κ1) is 15.3. The molecule has 0 bridgehead atoms. The van der Waals surface area contributed by atoms with Crippen LogP contribution in [0.25, 0.3) is 0 Å². The number of rotatable bonds is 5. The van der Waals surface area contributed by atoms with Gasteiger partial charge in [-0.1, -0.05) is 47.5 Å². The van der Waals surface area contributed by atoms with Gasteiger partial charge in [-0.25, -0.2) is 0 Å². The highest BCUT2D eigenvalue weighted by Crippen LogP contribution is 2.24. The number of hydrogen-bond donors (Lipinski definition) is 2. The van der Waals surface area contributed by atoms with Gasteiger partial charge in [-0.3, -0.25) is 0 Å². The molecule has 2 aromatic rings. The predicted molar refractivity (Wildman–Crippen MR) is 84.4 cm³/mol. The summed E-state index contributed by atoms with van der Waals surface area (Å²) in [5.41, 5.74) is 2.19. The number of halogens is 2. The minimum atomic E-state index is -0.405. The fourth-order valence-corrected chi connectivity index (χ4v) is 2.28. The Bertz CT molecular complexity index is 492. The van der Waals surface area contributed by atoms with E-state index in [9.17, 15) is 5.11 Å². The molecule has 106 valence electrons. The summed E-state index contributed by atoms with van der Waals surface area (Å²) in [4.78, 5) is 0. The van der Waals surface area contributed by atoms with Gasteiger partial charge in [-0.2, -0.15) is 0 Å². The molecule has 20 heavy (non-hydrogen) atoms. The summed E-state index contributed by atoms with van der Waals surface area (Å²) in [6.07, 6.45) is -0.405. The lowest BCUT2D eigenvalue weighted by Gasteiger charge is -2.21. The first-order valence-electron chi connectivity index (χ1n) is 6.48. The molecule has 0 heterocycles. The van der Waals surface area contributed by atoms with Crippen molar-refractivity contribution in [2.24, 2.45) is 0 Å². The lowest BCUT2D eigenvalue weighted by Crippen LogP contribution is -2.29. The van der Waals surface area contributed by atoms with Gasteiger partial charge in [-0.15, -0.1) is 0 Å². The highest BCUT2D eigenvalue weighted by molar-refractivity contribution is 6.30. The van der Waals surface area contributed by atoms with E-state index in [0.717, 1.165) is 11.1 Å². The fourth-order valence-electron chi connectivity index (χ4n) is 2.03. The summed E-state index contributed by atoms with van der Waals surface area (Å²) >= 11 is 11.9. The third-order valence-corrected chi connectivity index (χ3v) is 3.53. The first-order chi connectivity index (χ1) is 9.56. The Hall–Kier alpha value is -1.06. The molecular weight excluding hydrogens is 293 g/mol. The first-order valence-corrected chi connectivity index (χ1v) is 7.24. The van der Waals surface area contributed by atoms with E-state index in [1.165, 1.54) is 0 Å². The standard InChI is InChI=1S/C16H17Cl2NO/c1-11(20)10-19-16(12-2-6-14(17)7-3-12)13-4-8-15(18)9-5-13/h2-9,11,16,19-20H,10H2,1H3. The maximum Gasteiger partial charge on any atom is 0.0636 e. The topological polar surface area (TPSA) is 32.3 Å². The van der Waals surface area contributed by atoms with Crippen molar-refractivity contribution in [1.82, 2.24) is 5.32 Å². The van der Waals surface area contributed by atoms with Crippen molar-refractivity contribution in [3.05, 3.63) is 69.7 Å². The van der Waals surface area contributed by atoms with Crippen molar-refractivity contribution in [2.75, 3.05) is 6.54 Å². The summed E-state index contributed by atoms with van der Waals surface area (Å²) in [5.74, 6) is 0. The molecule has 1 unspecified atom stereocenters. The molecule has 0 fully saturated rings. The van der Waals surface area contributed by atoms with E-state index >= 15 is 0 Å². The second-order valence-corrected chi connectivity index (χ2v) is 5.67. The van der Waals surface area contributed by atoms with Gasteiger partial charge >= 0.3 is 0 Å². The largest absolute Gasteiger partial charge is 0.392 e. The Morgan fingerprint density at radius 1 is 0.900 bits per heavy atom. The molecule has 0 aliphatic rings. The molecule has 0 aromatic heterocycles. The van der Waals surface area contributed by atoms with Crippen LogP contribution in [-0.2, 0) is 0 Å². The van der Waals surface area contributed by atoms with E-state index in [-0.39, 0.29) is 6.04 Å². The minimum absolute atomic E-state index is 0.000802. The van der Waals surface area contributed by atoms with Crippen LogP contribution in [-0.4, -0.2) is 17.8 Å². The second kappa shape index (κ2) is 7.09. The summed E-state index contributed by atoms with van der Waals surface area (Å²) < 4.78 is 0. The predicted octanol–water partition coefficient (Wildman–Crippen LogP) is 4.05. The maximum atomic E-state index is 9.48. The summed E-state index contributed by atoms with van der Waals surface area (Å²) in [6, 6.07) is 15.4. The Labute approximate surface area is 129 Å². The van der Waals surface area contributed by atoms with Crippen LogP contribution in [0.2, 0.25) is 10.0 Å². The number of benzene rings is 2. The molecule has 4 heteroatoms. The molecule has 0 radical (unpaired) electrons. The van der Waals surface area contributed by atoms with Gasteiger partial charge in [0.05, 0.1) is 12.1 Å². The van der Waals surface area contributed by atoms with Crippen molar-refractivity contribution >= 4 is 23.2 Å². The van der Waals surface area contributed by atoms with E-state index in [4.69, 9.17) is 23.2 Å². The maximum absolute atomic E-state index is 9.48. The molecule has 2 rings (SSSR count). The van der Waals surface area contributed by atoms with Gasteiger partial charge < -0.3 is 10.4 Å². The molecule has 2 nitrogen and oxygen atoms in total. The van der Waals surface area contributed by atoms with E-state index in [2.05, 4.69) is 5.32 Å². The number of aliphatic hydroxyl groups is 1. The van der Waals surface area contributed by atoms with Gasteiger partial charge in [0.2, 0.25) is 0 Å². The molecule has 0 amide bonds. The van der Waals surface area contributed by atoms with Crippen LogP contribution in [0.5, 0.6) is 0 Å². The Kier molecular flexibility index (Phi) is 5.44. The monoisotopic (exact) mass is 309 g/mol. The number of nitrogens with one attached hydrogen (secondary N) is 1. The lowest BCUT2D eigenvalue weighted by atomic mass is 9.98. The van der Waals surface area contributed by atoms with Crippen molar-refractivity contribution in [3.63, 3.8) is 0 Å². The van der Waals surface area contributed by atoms with Gasteiger partial charge in [-0.05, 0) is 42.3 Å². The van der Waals surface area contributed by atoms with Crippen LogP contribution < -0.4 is 5.32 Å². The smallest absolute Gasteiger partial charge is 0.0636 e. The lowest BCUT2D eigenvalue weighted by molar-refractivity contribution is 0.188. The summed E-state index contributed by atoms with van der Waals surface area (Å²) in [6.45, 7) is 2.27. The average molecular weight is 310 g/mol. The summed E-state index contributed by atoms with van der Waals surface area (Å²) in [5, 5.41) is 14.2. The number of hydrogen-bond acceptors (Lipinski definition) is 2. The van der Waals surface area contributed by atoms with Gasteiger partial charge in [0.15, 0.2) is 0 Å². The Morgan fingerprint density at radius 3 is 1.65 bits per heavy atom. The Balaban J connectivity index is 2.28. The van der Waals surface area contributed by atoms with Crippen LogP contribution in [0.1, 0.15) is 24.1 Å². The molecule has 2 aromatic carbocycles. The molecule has 0 spiro atoms. The fraction of sp³-hybridized carbons (Fsp3) is 0.250. The second-order valence-electron chi connectivity index (χ2n) is 4.79. The van der Waals surface area contributed by atoms with Crippen molar-refractivity contribution in [3.8, 4) is 0 Å². The molecule has 0 aliphatic heterocycles. The molecule has 0 saturated carbocycles. The van der Waals surface area contributed by atoms with Gasteiger partial charge in [0.25, 0.3) is 0 Å². The van der Waals surface area contributed by atoms with Gasteiger partial charge in [0.1, 0.15) is 0 Å². The van der Waals surface area contributed by atoms with E-state index < -0.39 is 6.10 Å². The normalized spacial score (nSPS) is 12.7. The number of aliphatic hydroxyl groups excluding tert-OH is 1. The van der Waals surface area contributed by atoms with Crippen molar-refractivity contribution < 1.29 is 5.11 Å². The van der Waals surface area contributed by atoms with Crippen molar-refractivity contribution in [2.45, 2.75) is 19.1 Å². The van der Waals surface area contributed by atoms with Crippen LogP contribution in [0.4, 0.5) is 0 Å². The zero-order valence-corrected chi connectivity index (χ0v) is 12.7. The SMILES string of the molecule is CC(O)CNC(c1ccc(Cl)cc1)c1ccc(Cl)cc1. The van der Waals surface area contributed by atoms with Crippen LogP contribution >= 0.6 is 23.2 Å².